The lowest BCUT2D eigenvalue weighted by molar-refractivity contribution is 0.0378. The van der Waals surface area contributed by atoms with E-state index in [2.05, 4.69) is 15.2 Å². The predicted molar refractivity (Wildman–Crippen MR) is 125 cm³/mol. The molecule has 0 bridgehead atoms. The molecule has 186 valence electrons. The van der Waals surface area contributed by atoms with Gasteiger partial charge in [-0.05, 0) is 37.2 Å². The van der Waals surface area contributed by atoms with Crippen molar-refractivity contribution in [2.24, 2.45) is 0 Å². The highest BCUT2D eigenvalue weighted by atomic mass is 32.2. The number of ether oxygens (including phenoxy) is 3. The molecular weight excluding hydrogens is 477 g/mol. The van der Waals surface area contributed by atoms with Crippen LogP contribution in [0.2, 0.25) is 0 Å². The zero-order valence-electron chi connectivity index (χ0n) is 19.0. The van der Waals surface area contributed by atoms with Gasteiger partial charge in [0.1, 0.15) is 19.0 Å². The number of aromatic nitrogens is 1. The van der Waals surface area contributed by atoms with Gasteiger partial charge in [-0.3, -0.25) is 4.90 Å². The first kappa shape index (κ1) is 23.6. The van der Waals surface area contributed by atoms with Gasteiger partial charge in [0.15, 0.2) is 11.5 Å². The molecule has 1 aromatic heterocycles. The zero-order valence-corrected chi connectivity index (χ0v) is 19.9. The maximum absolute atomic E-state index is 14.4. The SMILES string of the molecule is O=S(=O)(c1ccc2c(c1)OCCO2)c1nc(-c2ccccc2F)oc1NCCCN1CCOCC1. The van der Waals surface area contributed by atoms with Crippen molar-refractivity contribution in [1.29, 1.82) is 0 Å². The van der Waals surface area contributed by atoms with E-state index in [0.29, 0.717) is 44.5 Å². The van der Waals surface area contributed by atoms with E-state index in [1.54, 1.807) is 18.2 Å². The minimum absolute atomic E-state index is 0.0218. The number of nitrogens with one attached hydrogen (secondary N) is 1. The van der Waals surface area contributed by atoms with Crippen LogP contribution in [0, 0.1) is 5.82 Å². The summed E-state index contributed by atoms with van der Waals surface area (Å²) in [5.41, 5.74) is 0.0764. The van der Waals surface area contributed by atoms with Crippen molar-refractivity contribution in [2.75, 3.05) is 57.9 Å². The van der Waals surface area contributed by atoms with Crippen LogP contribution in [0.15, 0.2) is 56.8 Å². The van der Waals surface area contributed by atoms with Gasteiger partial charge in [0.25, 0.3) is 0 Å². The Kier molecular flexibility index (Phi) is 6.89. The van der Waals surface area contributed by atoms with Crippen molar-refractivity contribution in [2.45, 2.75) is 16.3 Å². The summed E-state index contributed by atoms with van der Waals surface area (Å²) in [5, 5.41) is 2.75. The fraction of sp³-hybridized carbons (Fsp3) is 0.375. The number of nitrogens with zero attached hydrogens (tertiary/aromatic N) is 2. The van der Waals surface area contributed by atoms with Crippen LogP contribution in [0.25, 0.3) is 11.5 Å². The smallest absolute Gasteiger partial charge is 0.233 e. The fourth-order valence-electron chi connectivity index (χ4n) is 3.98. The van der Waals surface area contributed by atoms with Crippen molar-refractivity contribution in [3.63, 3.8) is 0 Å². The molecular formula is C24H26FN3O6S. The Labute approximate surface area is 202 Å². The van der Waals surface area contributed by atoms with E-state index < -0.39 is 15.7 Å². The van der Waals surface area contributed by atoms with E-state index in [1.165, 1.54) is 24.3 Å². The monoisotopic (exact) mass is 503 g/mol. The molecule has 0 aliphatic carbocycles. The van der Waals surface area contributed by atoms with Crippen molar-refractivity contribution < 1.29 is 31.4 Å². The average molecular weight is 504 g/mol. The molecule has 2 aromatic carbocycles. The number of hydrogen-bond acceptors (Lipinski definition) is 9. The molecule has 1 fully saturated rings. The van der Waals surface area contributed by atoms with Crippen molar-refractivity contribution in [3.8, 4) is 23.0 Å². The van der Waals surface area contributed by atoms with Crippen LogP contribution in [0.4, 0.5) is 10.3 Å². The Hall–Kier alpha value is -3.15. The topological polar surface area (TPSA) is 103 Å². The second-order valence-electron chi connectivity index (χ2n) is 8.18. The molecule has 1 saturated heterocycles. The number of hydrogen-bond donors (Lipinski definition) is 1. The fourth-order valence-corrected chi connectivity index (χ4v) is 5.28. The number of anilines is 1. The standard InChI is InChI=1S/C24H26FN3O6S/c25-19-5-2-1-4-18(19)22-27-24(23(34-22)26-8-3-9-28-10-12-31-13-11-28)35(29,30)17-6-7-20-21(16-17)33-15-14-32-20/h1-2,4-7,16,26H,3,8-15H2. The van der Waals surface area contributed by atoms with Gasteiger partial charge in [0.2, 0.25) is 26.6 Å². The predicted octanol–water partition coefficient (Wildman–Crippen LogP) is 3.22. The summed E-state index contributed by atoms with van der Waals surface area (Å²) in [6, 6.07) is 10.3. The lowest BCUT2D eigenvalue weighted by Gasteiger charge is -2.26. The van der Waals surface area contributed by atoms with Crippen molar-refractivity contribution in [3.05, 3.63) is 48.3 Å². The molecule has 0 amide bonds. The van der Waals surface area contributed by atoms with Gasteiger partial charge >= 0.3 is 0 Å². The van der Waals surface area contributed by atoms with Crippen LogP contribution in [-0.4, -0.2) is 70.9 Å². The quantitative estimate of drug-likeness (QED) is 0.464. The summed E-state index contributed by atoms with van der Waals surface area (Å²) in [4.78, 5) is 6.47. The Balaban J connectivity index is 1.43. The summed E-state index contributed by atoms with van der Waals surface area (Å²) >= 11 is 0. The molecule has 9 nitrogen and oxygen atoms in total. The van der Waals surface area contributed by atoms with Crippen LogP contribution < -0.4 is 14.8 Å². The average Bonchev–Trinajstić information content (AvgIpc) is 3.32. The molecule has 5 rings (SSSR count). The van der Waals surface area contributed by atoms with Gasteiger partial charge in [-0.1, -0.05) is 12.1 Å². The Morgan fingerprint density at radius 2 is 1.77 bits per heavy atom. The van der Waals surface area contributed by atoms with E-state index >= 15 is 0 Å². The number of oxazole rings is 1. The summed E-state index contributed by atoms with van der Waals surface area (Å²) in [6.45, 7) is 5.15. The molecule has 0 saturated carbocycles. The lowest BCUT2D eigenvalue weighted by atomic mass is 10.2. The second kappa shape index (κ2) is 10.2. The van der Waals surface area contributed by atoms with Crippen molar-refractivity contribution in [1.82, 2.24) is 9.88 Å². The Morgan fingerprint density at radius 3 is 2.57 bits per heavy atom. The minimum atomic E-state index is -4.11. The number of halogens is 1. The lowest BCUT2D eigenvalue weighted by Crippen LogP contribution is -2.37. The molecule has 35 heavy (non-hydrogen) atoms. The second-order valence-corrected chi connectivity index (χ2v) is 10.0. The van der Waals surface area contributed by atoms with E-state index in [9.17, 15) is 12.8 Å². The highest BCUT2D eigenvalue weighted by Gasteiger charge is 2.30. The van der Waals surface area contributed by atoms with Crippen LogP contribution in [-0.2, 0) is 14.6 Å². The van der Waals surface area contributed by atoms with Crippen LogP contribution in [0.3, 0.4) is 0 Å². The molecule has 0 radical (unpaired) electrons. The molecule has 0 unspecified atom stereocenters. The van der Waals surface area contributed by atoms with Crippen LogP contribution in [0.1, 0.15) is 6.42 Å². The number of morpholine rings is 1. The van der Waals surface area contributed by atoms with Gasteiger partial charge in [-0.25, -0.2) is 12.8 Å². The van der Waals surface area contributed by atoms with Gasteiger partial charge < -0.3 is 23.9 Å². The highest BCUT2D eigenvalue weighted by Crippen LogP contribution is 2.37. The molecule has 1 N–H and O–H groups in total. The largest absolute Gasteiger partial charge is 0.486 e. The first-order valence-corrected chi connectivity index (χ1v) is 12.9. The van der Waals surface area contributed by atoms with E-state index in [1.807, 2.05) is 0 Å². The number of fused-ring (bicyclic) bond motifs is 1. The molecule has 2 aliphatic rings. The maximum Gasteiger partial charge on any atom is 0.233 e. The highest BCUT2D eigenvalue weighted by molar-refractivity contribution is 7.91. The van der Waals surface area contributed by atoms with E-state index in [4.69, 9.17) is 18.6 Å². The molecule has 2 aliphatic heterocycles. The zero-order chi connectivity index (χ0) is 24.3. The van der Waals surface area contributed by atoms with Gasteiger partial charge in [0, 0.05) is 25.7 Å². The molecule has 0 spiro atoms. The van der Waals surface area contributed by atoms with E-state index in [0.717, 1.165) is 26.1 Å². The van der Waals surface area contributed by atoms with Gasteiger partial charge in [-0.15, -0.1) is 0 Å². The third kappa shape index (κ3) is 5.12. The normalized spacial score (nSPS) is 16.3. The Morgan fingerprint density at radius 1 is 1.00 bits per heavy atom. The number of benzene rings is 2. The van der Waals surface area contributed by atoms with Crippen molar-refractivity contribution >= 4 is 15.7 Å². The van der Waals surface area contributed by atoms with Gasteiger partial charge in [-0.2, -0.15) is 4.98 Å². The third-order valence-electron chi connectivity index (χ3n) is 5.82. The first-order valence-electron chi connectivity index (χ1n) is 11.5. The van der Waals surface area contributed by atoms with Crippen LogP contribution in [0.5, 0.6) is 11.5 Å². The number of sulfone groups is 1. The van der Waals surface area contributed by atoms with Gasteiger partial charge in [0.05, 0.1) is 23.7 Å². The molecule has 0 atom stereocenters. The van der Waals surface area contributed by atoms with Crippen LogP contribution >= 0.6 is 0 Å². The molecule has 11 heteroatoms. The first-order chi connectivity index (χ1) is 17.0. The summed E-state index contributed by atoms with van der Waals surface area (Å²) in [7, 11) is -4.11. The number of rotatable bonds is 8. The van der Waals surface area contributed by atoms with E-state index in [-0.39, 0.29) is 27.3 Å². The minimum Gasteiger partial charge on any atom is -0.486 e. The summed E-state index contributed by atoms with van der Waals surface area (Å²) in [6.07, 6.45) is 0.749. The molecule has 3 heterocycles. The summed E-state index contributed by atoms with van der Waals surface area (Å²) in [5.74, 6) is 0.116. The maximum atomic E-state index is 14.4. The molecule has 3 aromatic rings. The summed E-state index contributed by atoms with van der Waals surface area (Å²) < 4.78 is 63.7. The Bertz CT molecular complexity index is 1290. The third-order valence-corrected chi connectivity index (χ3v) is 7.48.